The minimum absolute atomic E-state index is 0.0435. The van der Waals surface area contributed by atoms with Crippen molar-refractivity contribution < 1.29 is 9.59 Å². The van der Waals surface area contributed by atoms with Gasteiger partial charge in [0.05, 0.1) is 0 Å². The molecule has 5 nitrogen and oxygen atoms in total. The Morgan fingerprint density at radius 1 is 1.13 bits per heavy atom. The van der Waals surface area contributed by atoms with Crippen LogP contribution in [0.1, 0.15) is 52.4 Å². The largest absolute Gasteiger partial charge is 0.354 e. The van der Waals surface area contributed by atoms with Crippen LogP contribution in [0.4, 0.5) is 0 Å². The molecule has 0 saturated carbocycles. The second-order valence-corrected chi connectivity index (χ2v) is 9.16. The van der Waals surface area contributed by atoms with Crippen molar-refractivity contribution in [3.05, 3.63) is 70.3 Å². The molecule has 0 bridgehead atoms. The van der Waals surface area contributed by atoms with E-state index in [1.54, 1.807) is 4.90 Å². The van der Waals surface area contributed by atoms with Crippen molar-refractivity contribution in [2.24, 2.45) is 5.92 Å². The SMILES string of the molecule is Cc1ccc(C)c(CN2CCC(CNC(=O)C(C)N3Cc4ccccc4C3=O)CC2)c1. The molecule has 2 aliphatic rings. The summed E-state index contributed by atoms with van der Waals surface area (Å²) in [6, 6.07) is 13.8. The molecule has 164 valence electrons. The first-order valence-electron chi connectivity index (χ1n) is 11.4. The van der Waals surface area contributed by atoms with Gasteiger partial charge in [0.1, 0.15) is 6.04 Å². The molecule has 0 aliphatic carbocycles. The number of piperidine rings is 1. The fourth-order valence-corrected chi connectivity index (χ4v) is 4.68. The quantitative estimate of drug-likeness (QED) is 0.777. The molecular weight excluding hydrogens is 386 g/mol. The highest BCUT2D eigenvalue weighted by Gasteiger charge is 2.33. The van der Waals surface area contributed by atoms with Gasteiger partial charge in [-0.15, -0.1) is 0 Å². The van der Waals surface area contributed by atoms with Gasteiger partial charge in [-0.05, 0) is 75.4 Å². The van der Waals surface area contributed by atoms with Crippen molar-refractivity contribution in [1.29, 1.82) is 0 Å². The number of hydrogen-bond acceptors (Lipinski definition) is 3. The summed E-state index contributed by atoms with van der Waals surface area (Å²) >= 11 is 0. The molecule has 1 N–H and O–H groups in total. The number of hydrogen-bond donors (Lipinski definition) is 1. The molecule has 2 amide bonds. The molecule has 31 heavy (non-hydrogen) atoms. The second-order valence-electron chi connectivity index (χ2n) is 9.16. The first-order chi connectivity index (χ1) is 14.9. The fourth-order valence-electron chi connectivity index (χ4n) is 4.68. The van der Waals surface area contributed by atoms with Crippen LogP contribution in [0.15, 0.2) is 42.5 Å². The first-order valence-corrected chi connectivity index (χ1v) is 11.4. The van der Waals surface area contributed by atoms with E-state index in [9.17, 15) is 9.59 Å². The molecule has 2 heterocycles. The summed E-state index contributed by atoms with van der Waals surface area (Å²) < 4.78 is 0. The highest BCUT2D eigenvalue weighted by molar-refractivity contribution is 6.01. The van der Waals surface area contributed by atoms with Crippen LogP contribution < -0.4 is 5.32 Å². The van der Waals surface area contributed by atoms with E-state index in [0.717, 1.165) is 43.6 Å². The molecule has 2 aliphatic heterocycles. The molecule has 1 atom stereocenters. The Bertz CT molecular complexity index is 963. The van der Waals surface area contributed by atoms with Crippen molar-refractivity contribution in [1.82, 2.24) is 15.1 Å². The van der Waals surface area contributed by atoms with E-state index >= 15 is 0 Å². The Morgan fingerprint density at radius 2 is 1.87 bits per heavy atom. The highest BCUT2D eigenvalue weighted by Crippen LogP contribution is 2.25. The van der Waals surface area contributed by atoms with Crippen LogP contribution >= 0.6 is 0 Å². The van der Waals surface area contributed by atoms with Gasteiger partial charge in [0.15, 0.2) is 0 Å². The predicted octanol–water partition coefficient (Wildman–Crippen LogP) is 3.68. The van der Waals surface area contributed by atoms with E-state index in [0.29, 0.717) is 19.0 Å². The Morgan fingerprint density at radius 3 is 2.61 bits per heavy atom. The fraction of sp³-hybridized carbons (Fsp3) is 0.462. The summed E-state index contributed by atoms with van der Waals surface area (Å²) in [6.45, 7) is 10.5. The minimum atomic E-state index is -0.454. The standard InChI is InChI=1S/C26H33N3O2/c1-18-8-9-19(2)23(14-18)16-28-12-10-21(11-13-28)15-27-25(30)20(3)29-17-22-6-4-5-7-24(22)26(29)31/h4-9,14,20-21H,10-13,15-17H2,1-3H3,(H,27,30). The highest BCUT2D eigenvalue weighted by atomic mass is 16.2. The average molecular weight is 420 g/mol. The summed E-state index contributed by atoms with van der Waals surface area (Å²) in [4.78, 5) is 29.5. The van der Waals surface area contributed by atoms with Crippen LogP contribution in [0.3, 0.4) is 0 Å². The Labute approximate surface area is 185 Å². The summed E-state index contributed by atoms with van der Waals surface area (Å²) in [6.07, 6.45) is 2.18. The van der Waals surface area contributed by atoms with Crippen LogP contribution in [-0.4, -0.2) is 47.3 Å². The molecule has 5 heteroatoms. The van der Waals surface area contributed by atoms with Gasteiger partial charge in [0.25, 0.3) is 5.91 Å². The number of aryl methyl sites for hydroxylation is 2. The van der Waals surface area contributed by atoms with Gasteiger partial charge in [0, 0.05) is 25.2 Å². The number of benzene rings is 2. The van der Waals surface area contributed by atoms with Crippen LogP contribution in [0.25, 0.3) is 0 Å². The Balaban J connectivity index is 1.23. The molecule has 1 saturated heterocycles. The van der Waals surface area contributed by atoms with Gasteiger partial charge in [-0.25, -0.2) is 0 Å². The summed E-state index contributed by atoms with van der Waals surface area (Å²) in [5.74, 6) is 0.398. The third-order valence-electron chi connectivity index (χ3n) is 6.87. The van der Waals surface area contributed by atoms with E-state index < -0.39 is 6.04 Å². The number of rotatable bonds is 6. The van der Waals surface area contributed by atoms with E-state index in [-0.39, 0.29) is 11.8 Å². The normalized spacial score (nSPS) is 18.2. The maximum atomic E-state index is 12.7. The number of fused-ring (bicyclic) bond motifs is 1. The molecule has 1 unspecified atom stereocenters. The zero-order chi connectivity index (χ0) is 22.0. The zero-order valence-electron chi connectivity index (χ0n) is 18.9. The van der Waals surface area contributed by atoms with Crippen LogP contribution in [0, 0.1) is 19.8 Å². The monoisotopic (exact) mass is 419 g/mol. The number of amides is 2. The van der Waals surface area contributed by atoms with Crippen molar-refractivity contribution in [2.45, 2.75) is 52.7 Å². The molecule has 4 rings (SSSR count). The molecule has 1 fully saturated rings. The Kier molecular flexibility index (Phi) is 6.42. The van der Waals surface area contributed by atoms with Crippen LogP contribution in [0.5, 0.6) is 0 Å². The van der Waals surface area contributed by atoms with Crippen molar-refractivity contribution in [3.8, 4) is 0 Å². The maximum Gasteiger partial charge on any atom is 0.255 e. The predicted molar refractivity (Wildman–Crippen MR) is 123 cm³/mol. The molecule has 2 aromatic carbocycles. The maximum absolute atomic E-state index is 12.7. The second kappa shape index (κ2) is 9.23. The molecule has 0 spiro atoms. The number of likely N-dealkylation sites (tertiary alicyclic amines) is 1. The van der Waals surface area contributed by atoms with Gasteiger partial charge in [0.2, 0.25) is 5.91 Å². The lowest BCUT2D eigenvalue weighted by molar-refractivity contribution is -0.125. The van der Waals surface area contributed by atoms with Gasteiger partial charge >= 0.3 is 0 Å². The van der Waals surface area contributed by atoms with Crippen LogP contribution in [-0.2, 0) is 17.9 Å². The average Bonchev–Trinajstić information content (AvgIpc) is 3.11. The van der Waals surface area contributed by atoms with Gasteiger partial charge in [-0.2, -0.15) is 0 Å². The third kappa shape index (κ3) is 4.82. The van der Waals surface area contributed by atoms with E-state index in [2.05, 4.69) is 42.3 Å². The van der Waals surface area contributed by atoms with E-state index in [1.807, 2.05) is 31.2 Å². The minimum Gasteiger partial charge on any atom is -0.354 e. The third-order valence-corrected chi connectivity index (χ3v) is 6.87. The molecular formula is C26H33N3O2. The van der Waals surface area contributed by atoms with Crippen molar-refractivity contribution in [3.63, 3.8) is 0 Å². The molecule has 2 aromatic rings. The number of carbonyl (C=O) groups excluding carboxylic acids is 2. The Hall–Kier alpha value is -2.66. The molecule has 0 aromatic heterocycles. The first kappa shape index (κ1) is 21.6. The lowest BCUT2D eigenvalue weighted by atomic mass is 9.95. The van der Waals surface area contributed by atoms with Crippen molar-refractivity contribution in [2.75, 3.05) is 19.6 Å². The lowest BCUT2D eigenvalue weighted by Gasteiger charge is -2.33. The summed E-state index contributed by atoms with van der Waals surface area (Å²) in [5.41, 5.74) is 5.80. The lowest BCUT2D eigenvalue weighted by Crippen LogP contribution is -2.47. The number of nitrogens with zero attached hydrogens (tertiary/aromatic N) is 2. The summed E-state index contributed by atoms with van der Waals surface area (Å²) in [5, 5.41) is 3.11. The van der Waals surface area contributed by atoms with Gasteiger partial charge in [-0.1, -0.05) is 42.0 Å². The summed E-state index contributed by atoms with van der Waals surface area (Å²) in [7, 11) is 0. The topological polar surface area (TPSA) is 52.7 Å². The van der Waals surface area contributed by atoms with E-state index in [1.165, 1.54) is 16.7 Å². The zero-order valence-corrected chi connectivity index (χ0v) is 18.9. The smallest absolute Gasteiger partial charge is 0.255 e. The number of carbonyl (C=O) groups is 2. The van der Waals surface area contributed by atoms with E-state index in [4.69, 9.17) is 0 Å². The van der Waals surface area contributed by atoms with Gasteiger partial charge < -0.3 is 10.2 Å². The number of nitrogens with one attached hydrogen (secondary N) is 1. The molecule has 0 radical (unpaired) electrons. The van der Waals surface area contributed by atoms with Crippen LogP contribution in [0.2, 0.25) is 0 Å². The van der Waals surface area contributed by atoms with Crippen molar-refractivity contribution >= 4 is 11.8 Å². The van der Waals surface area contributed by atoms with Gasteiger partial charge in [-0.3, -0.25) is 14.5 Å².